The maximum Gasteiger partial charge on any atom is 0.255 e. The van der Waals surface area contributed by atoms with Crippen LogP contribution in [0, 0.1) is 6.57 Å². The molecule has 98 valence electrons. The number of nitrogens with zero attached hydrogens (tertiary/aromatic N) is 1. The molecule has 1 heterocycles. The topological polar surface area (TPSA) is 49.2 Å². The Morgan fingerprint density at radius 3 is 2.84 bits per heavy atom. The van der Waals surface area contributed by atoms with E-state index in [1.807, 2.05) is 24.3 Å². The third kappa shape index (κ3) is 3.01. The second-order valence-corrected chi connectivity index (χ2v) is 4.53. The molecule has 2 aromatic rings. The largest absolute Gasteiger partial charge is 0.328 e. The number of hydrogen-bond donors (Lipinski definition) is 2. The standard InChI is InChI=1S/C15H17N3O/c1-11(17-9-5-8-16-2)14-10-18-15(19)13-7-4-3-6-12(13)14/h3-4,6-7,10-11,17H,5,8-9H2,1H3,(H,18,19). The summed E-state index contributed by atoms with van der Waals surface area (Å²) in [6.07, 6.45) is 2.62. The summed E-state index contributed by atoms with van der Waals surface area (Å²) >= 11 is 0. The van der Waals surface area contributed by atoms with Crippen LogP contribution >= 0.6 is 0 Å². The molecule has 0 bridgehead atoms. The van der Waals surface area contributed by atoms with Gasteiger partial charge in [-0.15, -0.1) is 0 Å². The van der Waals surface area contributed by atoms with Crippen molar-refractivity contribution in [2.45, 2.75) is 19.4 Å². The molecule has 0 amide bonds. The van der Waals surface area contributed by atoms with Crippen molar-refractivity contribution in [3.63, 3.8) is 0 Å². The minimum absolute atomic E-state index is 0.0560. The van der Waals surface area contributed by atoms with E-state index in [1.54, 1.807) is 6.20 Å². The van der Waals surface area contributed by atoms with Crippen LogP contribution in [0.4, 0.5) is 0 Å². The molecule has 1 aromatic heterocycles. The lowest BCUT2D eigenvalue weighted by Crippen LogP contribution is -2.21. The predicted octanol–water partition coefficient (Wildman–Crippen LogP) is 2.49. The monoisotopic (exact) mass is 255 g/mol. The SMILES string of the molecule is [C-]#[N+]CCCNC(C)c1c[nH]c(=O)c2ccccc12. The lowest BCUT2D eigenvalue weighted by Gasteiger charge is -2.15. The summed E-state index contributed by atoms with van der Waals surface area (Å²) in [5.41, 5.74) is 1.03. The van der Waals surface area contributed by atoms with Gasteiger partial charge in [-0.05, 0) is 23.9 Å². The van der Waals surface area contributed by atoms with Crippen LogP contribution in [0.1, 0.15) is 24.9 Å². The number of nitrogens with one attached hydrogen (secondary N) is 2. The van der Waals surface area contributed by atoms with Gasteiger partial charge in [0.25, 0.3) is 5.56 Å². The summed E-state index contributed by atoms with van der Waals surface area (Å²) in [7, 11) is 0. The van der Waals surface area contributed by atoms with Gasteiger partial charge in [-0.1, -0.05) is 18.2 Å². The molecular formula is C15H17N3O. The van der Waals surface area contributed by atoms with Gasteiger partial charge in [0.2, 0.25) is 6.54 Å². The Balaban J connectivity index is 2.23. The first-order valence-electron chi connectivity index (χ1n) is 6.41. The fourth-order valence-electron chi connectivity index (χ4n) is 2.18. The summed E-state index contributed by atoms with van der Waals surface area (Å²) in [4.78, 5) is 17.9. The molecule has 0 spiro atoms. The van der Waals surface area contributed by atoms with Crippen molar-refractivity contribution >= 4 is 10.8 Å². The fraction of sp³-hybridized carbons (Fsp3) is 0.333. The van der Waals surface area contributed by atoms with Crippen LogP contribution < -0.4 is 10.9 Å². The molecule has 4 nitrogen and oxygen atoms in total. The van der Waals surface area contributed by atoms with Crippen LogP contribution in [0.3, 0.4) is 0 Å². The molecule has 1 atom stereocenters. The maximum atomic E-state index is 11.7. The molecule has 2 rings (SSSR count). The average Bonchev–Trinajstić information content (AvgIpc) is 2.44. The van der Waals surface area contributed by atoms with Crippen LogP contribution in [0.5, 0.6) is 0 Å². The smallest absolute Gasteiger partial charge is 0.255 e. The minimum atomic E-state index is -0.0560. The Bertz CT molecular complexity index is 654. The molecule has 0 fully saturated rings. The van der Waals surface area contributed by atoms with Gasteiger partial charge < -0.3 is 15.1 Å². The Labute approximate surface area is 112 Å². The van der Waals surface area contributed by atoms with Gasteiger partial charge >= 0.3 is 0 Å². The number of aromatic amines is 1. The number of benzene rings is 1. The molecule has 0 radical (unpaired) electrons. The number of hydrogen-bond acceptors (Lipinski definition) is 2. The second-order valence-electron chi connectivity index (χ2n) is 4.53. The molecule has 0 aliphatic heterocycles. The van der Waals surface area contributed by atoms with Gasteiger partial charge in [-0.2, -0.15) is 0 Å². The zero-order valence-corrected chi connectivity index (χ0v) is 10.9. The van der Waals surface area contributed by atoms with E-state index < -0.39 is 0 Å². The van der Waals surface area contributed by atoms with E-state index in [4.69, 9.17) is 6.57 Å². The molecule has 19 heavy (non-hydrogen) atoms. The van der Waals surface area contributed by atoms with Crippen LogP contribution in [0.2, 0.25) is 0 Å². The van der Waals surface area contributed by atoms with E-state index in [0.717, 1.165) is 29.3 Å². The van der Waals surface area contributed by atoms with Crippen molar-refractivity contribution in [2.24, 2.45) is 0 Å². The Hall–Kier alpha value is -2.12. The highest BCUT2D eigenvalue weighted by Crippen LogP contribution is 2.20. The predicted molar refractivity (Wildman–Crippen MR) is 77.1 cm³/mol. The third-order valence-electron chi connectivity index (χ3n) is 3.21. The van der Waals surface area contributed by atoms with E-state index in [1.165, 1.54) is 0 Å². The first kappa shape index (κ1) is 13.3. The van der Waals surface area contributed by atoms with Crippen molar-refractivity contribution in [1.82, 2.24) is 10.3 Å². The van der Waals surface area contributed by atoms with Crippen LogP contribution in [-0.2, 0) is 0 Å². The number of pyridine rings is 1. The number of fused-ring (bicyclic) bond motifs is 1. The van der Waals surface area contributed by atoms with Gasteiger partial charge in [-0.25, -0.2) is 6.57 Å². The average molecular weight is 255 g/mol. The molecule has 1 unspecified atom stereocenters. The lowest BCUT2D eigenvalue weighted by molar-refractivity contribution is 0.569. The molecule has 1 aromatic carbocycles. The normalized spacial score (nSPS) is 12.2. The molecular weight excluding hydrogens is 238 g/mol. The highest BCUT2D eigenvalue weighted by molar-refractivity contribution is 5.84. The number of H-pyrrole nitrogens is 1. The van der Waals surface area contributed by atoms with E-state index in [-0.39, 0.29) is 11.6 Å². The van der Waals surface area contributed by atoms with E-state index in [2.05, 4.69) is 22.1 Å². The molecule has 0 saturated heterocycles. The molecule has 0 saturated carbocycles. The second kappa shape index (κ2) is 6.17. The van der Waals surface area contributed by atoms with Crippen molar-refractivity contribution < 1.29 is 0 Å². The Morgan fingerprint density at radius 2 is 2.11 bits per heavy atom. The Morgan fingerprint density at radius 1 is 1.37 bits per heavy atom. The molecule has 4 heteroatoms. The molecule has 0 aliphatic carbocycles. The fourth-order valence-corrected chi connectivity index (χ4v) is 2.18. The molecule has 2 N–H and O–H groups in total. The van der Waals surface area contributed by atoms with Crippen molar-refractivity contribution in [1.29, 1.82) is 0 Å². The van der Waals surface area contributed by atoms with Gasteiger partial charge in [-0.3, -0.25) is 4.79 Å². The minimum Gasteiger partial charge on any atom is -0.328 e. The molecule has 0 aliphatic rings. The summed E-state index contributed by atoms with van der Waals surface area (Å²) in [5, 5.41) is 5.08. The van der Waals surface area contributed by atoms with Crippen LogP contribution in [-0.4, -0.2) is 18.1 Å². The number of aromatic nitrogens is 1. The van der Waals surface area contributed by atoms with E-state index in [9.17, 15) is 4.79 Å². The van der Waals surface area contributed by atoms with Gasteiger partial charge in [0.15, 0.2) is 0 Å². The maximum absolute atomic E-state index is 11.7. The van der Waals surface area contributed by atoms with E-state index >= 15 is 0 Å². The van der Waals surface area contributed by atoms with Crippen LogP contribution in [0.15, 0.2) is 35.3 Å². The van der Waals surface area contributed by atoms with Crippen molar-refractivity contribution in [3.05, 3.63) is 57.8 Å². The highest BCUT2D eigenvalue weighted by atomic mass is 16.1. The lowest BCUT2D eigenvalue weighted by atomic mass is 10.0. The van der Waals surface area contributed by atoms with Crippen LogP contribution in [0.25, 0.3) is 15.6 Å². The van der Waals surface area contributed by atoms with Crippen molar-refractivity contribution in [2.75, 3.05) is 13.1 Å². The third-order valence-corrected chi connectivity index (χ3v) is 3.21. The summed E-state index contributed by atoms with van der Waals surface area (Å²) < 4.78 is 0. The first-order chi connectivity index (χ1) is 9.24. The quantitative estimate of drug-likeness (QED) is 0.637. The Kier molecular flexibility index (Phi) is 4.32. The van der Waals surface area contributed by atoms with Gasteiger partial charge in [0.05, 0.1) is 0 Å². The first-order valence-corrected chi connectivity index (χ1v) is 6.41. The van der Waals surface area contributed by atoms with E-state index in [0.29, 0.717) is 6.54 Å². The summed E-state index contributed by atoms with van der Waals surface area (Å²) in [6, 6.07) is 7.76. The summed E-state index contributed by atoms with van der Waals surface area (Å²) in [5.74, 6) is 0. The van der Waals surface area contributed by atoms with Gasteiger partial charge in [0.1, 0.15) is 0 Å². The highest BCUT2D eigenvalue weighted by Gasteiger charge is 2.10. The zero-order chi connectivity index (χ0) is 13.7. The summed E-state index contributed by atoms with van der Waals surface area (Å²) in [6.45, 7) is 10.2. The van der Waals surface area contributed by atoms with Crippen molar-refractivity contribution in [3.8, 4) is 0 Å². The zero-order valence-electron chi connectivity index (χ0n) is 10.9. The number of rotatable bonds is 5. The van der Waals surface area contributed by atoms with Gasteiger partial charge in [0, 0.05) is 30.6 Å².